The molecule has 0 unspecified atom stereocenters. The maximum absolute atomic E-state index is 4.31. The highest BCUT2D eigenvalue weighted by Gasteiger charge is 2.22. The molecule has 1 aliphatic rings. The van der Waals surface area contributed by atoms with Crippen molar-refractivity contribution in [1.82, 2.24) is 15.1 Å². The van der Waals surface area contributed by atoms with E-state index in [1.807, 2.05) is 0 Å². The van der Waals surface area contributed by atoms with Gasteiger partial charge in [0.05, 0.1) is 0 Å². The SMILES string of the molecule is CCCc1nnc(N2CCC(N(C)C)CC2)s1. The summed E-state index contributed by atoms with van der Waals surface area (Å²) < 4.78 is 0. The van der Waals surface area contributed by atoms with Crippen LogP contribution in [0.25, 0.3) is 0 Å². The average molecular weight is 254 g/mol. The third kappa shape index (κ3) is 3.16. The first-order valence-electron chi connectivity index (χ1n) is 6.44. The van der Waals surface area contributed by atoms with Crippen molar-refractivity contribution < 1.29 is 0 Å². The summed E-state index contributed by atoms with van der Waals surface area (Å²) in [4.78, 5) is 4.72. The molecule has 0 N–H and O–H groups in total. The fourth-order valence-electron chi connectivity index (χ4n) is 2.26. The van der Waals surface area contributed by atoms with Gasteiger partial charge in [0.2, 0.25) is 5.13 Å². The van der Waals surface area contributed by atoms with Crippen LogP contribution in [0.1, 0.15) is 31.2 Å². The highest BCUT2D eigenvalue weighted by molar-refractivity contribution is 7.15. The normalized spacial score (nSPS) is 18.0. The van der Waals surface area contributed by atoms with E-state index >= 15 is 0 Å². The molecule has 0 saturated carbocycles. The third-order valence-corrected chi connectivity index (χ3v) is 4.43. The Kier molecular flexibility index (Phi) is 4.34. The van der Waals surface area contributed by atoms with Crippen LogP contribution in [-0.4, -0.2) is 48.3 Å². The summed E-state index contributed by atoms with van der Waals surface area (Å²) in [6.07, 6.45) is 4.68. The first-order chi connectivity index (χ1) is 8.20. The number of hydrogen-bond donors (Lipinski definition) is 0. The molecule has 2 rings (SSSR count). The summed E-state index contributed by atoms with van der Waals surface area (Å²) in [5, 5.41) is 10.9. The molecule has 0 bridgehead atoms. The molecule has 1 aromatic heterocycles. The largest absolute Gasteiger partial charge is 0.347 e. The molecule has 0 spiro atoms. The number of anilines is 1. The zero-order valence-electron chi connectivity index (χ0n) is 11.0. The van der Waals surface area contributed by atoms with Crippen molar-refractivity contribution in [2.75, 3.05) is 32.1 Å². The summed E-state index contributed by atoms with van der Waals surface area (Å²) in [6.45, 7) is 4.41. The van der Waals surface area contributed by atoms with Gasteiger partial charge in [0.15, 0.2) is 0 Å². The zero-order chi connectivity index (χ0) is 12.3. The van der Waals surface area contributed by atoms with Gasteiger partial charge < -0.3 is 9.80 Å². The quantitative estimate of drug-likeness (QED) is 0.823. The van der Waals surface area contributed by atoms with Crippen LogP contribution in [0.4, 0.5) is 5.13 Å². The van der Waals surface area contributed by atoms with Crippen LogP contribution in [0, 0.1) is 0 Å². The van der Waals surface area contributed by atoms with Gasteiger partial charge >= 0.3 is 0 Å². The van der Waals surface area contributed by atoms with Gasteiger partial charge in [-0.05, 0) is 33.4 Å². The molecule has 4 nitrogen and oxygen atoms in total. The first-order valence-corrected chi connectivity index (χ1v) is 7.26. The lowest BCUT2D eigenvalue weighted by Gasteiger charge is -2.34. The molecule has 1 saturated heterocycles. The second-order valence-corrected chi connectivity index (χ2v) is 5.95. The average Bonchev–Trinajstić information content (AvgIpc) is 2.78. The minimum absolute atomic E-state index is 0.731. The zero-order valence-corrected chi connectivity index (χ0v) is 11.8. The number of rotatable bonds is 4. The topological polar surface area (TPSA) is 32.3 Å². The molecule has 0 amide bonds. The van der Waals surface area contributed by atoms with E-state index in [1.165, 1.54) is 17.8 Å². The standard InChI is InChI=1S/C12H22N4S/c1-4-5-11-13-14-12(17-11)16-8-6-10(7-9-16)15(2)3/h10H,4-9H2,1-3H3. The van der Waals surface area contributed by atoms with Gasteiger partial charge in [-0.25, -0.2) is 0 Å². The molecule has 1 aromatic rings. The molecule has 1 aliphatic heterocycles. The van der Waals surface area contributed by atoms with Crippen LogP contribution in [0.5, 0.6) is 0 Å². The van der Waals surface area contributed by atoms with E-state index in [9.17, 15) is 0 Å². The van der Waals surface area contributed by atoms with Gasteiger partial charge in [0.25, 0.3) is 0 Å². The van der Waals surface area contributed by atoms with Gasteiger partial charge in [0, 0.05) is 25.6 Å². The Balaban J connectivity index is 1.91. The third-order valence-electron chi connectivity index (χ3n) is 3.39. The summed E-state index contributed by atoms with van der Waals surface area (Å²) >= 11 is 1.76. The summed E-state index contributed by atoms with van der Waals surface area (Å²) in [6, 6.07) is 0.731. The second-order valence-electron chi connectivity index (χ2n) is 4.91. The lowest BCUT2D eigenvalue weighted by molar-refractivity contribution is 0.249. The smallest absolute Gasteiger partial charge is 0.208 e. The fourth-order valence-corrected chi connectivity index (χ4v) is 3.25. The second kappa shape index (κ2) is 5.78. The van der Waals surface area contributed by atoms with Crippen LogP contribution in [-0.2, 0) is 6.42 Å². The number of aromatic nitrogens is 2. The van der Waals surface area contributed by atoms with Crippen LogP contribution in [0.2, 0.25) is 0 Å². The summed E-state index contributed by atoms with van der Waals surface area (Å²) in [7, 11) is 4.34. The maximum Gasteiger partial charge on any atom is 0.208 e. The van der Waals surface area contributed by atoms with E-state index in [0.29, 0.717) is 0 Å². The Labute approximate surface area is 108 Å². The minimum atomic E-state index is 0.731. The van der Waals surface area contributed by atoms with Crippen LogP contribution < -0.4 is 4.90 Å². The molecule has 1 fully saturated rings. The minimum Gasteiger partial charge on any atom is -0.347 e. The van der Waals surface area contributed by atoms with Crippen molar-refractivity contribution in [2.45, 2.75) is 38.6 Å². The number of nitrogens with zero attached hydrogens (tertiary/aromatic N) is 4. The van der Waals surface area contributed by atoms with Crippen molar-refractivity contribution in [3.63, 3.8) is 0 Å². The van der Waals surface area contributed by atoms with Gasteiger partial charge in [0.1, 0.15) is 5.01 Å². The van der Waals surface area contributed by atoms with Crippen molar-refractivity contribution in [1.29, 1.82) is 0 Å². The van der Waals surface area contributed by atoms with E-state index < -0.39 is 0 Å². The molecule has 0 radical (unpaired) electrons. The lowest BCUT2D eigenvalue weighted by Crippen LogP contribution is -2.41. The first kappa shape index (κ1) is 12.8. The van der Waals surface area contributed by atoms with E-state index in [0.717, 1.165) is 37.1 Å². The number of hydrogen-bond acceptors (Lipinski definition) is 5. The van der Waals surface area contributed by atoms with Gasteiger partial charge in [-0.3, -0.25) is 0 Å². The molecule has 5 heteroatoms. The van der Waals surface area contributed by atoms with E-state index in [2.05, 4.69) is 41.0 Å². The Morgan fingerprint density at radius 2 is 2.00 bits per heavy atom. The fraction of sp³-hybridized carbons (Fsp3) is 0.833. The van der Waals surface area contributed by atoms with Gasteiger partial charge in [-0.1, -0.05) is 18.3 Å². The van der Waals surface area contributed by atoms with Crippen molar-refractivity contribution in [3.8, 4) is 0 Å². The van der Waals surface area contributed by atoms with Crippen LogP contribution in [0.15, 0.2) is 0 Å². The van der Waals surface area contributed by atoms with Crippen molar-refractivity contribution in [2.24, 2.45) is 0 Å². The van der Waals surface area contributed by atoms with Gasteiger partial charge in [-0.2, -0.15) is 0 Å². The van der Waals surface area contributed by atoms with Crippen molar-refractivity contribution >= 4 is 16.5 Å². The number of piperidine rings is 1. The van der Waals surface area contributed by atoms with Gasteiger partial charge in [-0.15, -0.1) is 10.2 Å². The van der Waals surface area contributed by atoms with Crippen LogP contribution in [0.3, 0.4) is 0 Å². The molecular formula is C12H22N4S. The monoisotopic (exact) mass is 254 g/mol. The molecule has 0 atom stereocenters. The Morgan fingerprint density at radius 3 is 2.59 bits per heavy atom. The highest BCUT2D eigenvalue weighted by Crippen LogP contribution is 2.25. The van der Waals surface area contributed by atoms with Crippen LogP contribution >= 0.6 is 11.3 Å². The van der Waals surface area contributed by atoms with E-state index in [-0.39, 0.29) is 0 Å². The van der Waals surface area contributed by atoms with Crippen molar-refractivity contribution in [3.05, 3.63) is 5.01 Å². The molecule has 0 aliphatic carbocycles. The summed E-state index contributed by atoms with van der Waals surface area (Å²) in [5.74, 6) is 0. The molecule has 0 aromatic carbocycles. The molecule has 17 heavy (non-hydrogen) atoms. The van der Waals surface area contributed by atoms with E-state index in [1.54, 1.807) is 11.3 Å². The Morgan fingerprint density at radius 1 is 1.29 bits per heavy atom. The molecule has 96 valence electrons. The van der Waals surface area contributed by atoms with E-state index in [4.69, 9.17) is 0 Å². The maximum atomic E-state index is 4.31. The lowest BCUT2D eigenvalue weighted by atomic mass is 10.1. The number of aryl methyl sites for hydroxylation is 1. The predicted molar refractivity (Wildman–Crippen MR) is 72.8 cm³/mol. The Bertz CT molecular complexity index is 342. The highest BCUT2D eigenvalue weighted by atomic mass is 32.1. The molecule has 2 heterocycles. The predicted octanol–water partition coefficient (Wildman–Crippen LogP) is 2.02. The Hall–Kier alpha value is -0.680. The summed E-state index contributed by atoms with van der Waals surface area (Å²) in [5.41, 5.74) is 0. The molecular weight excluding hydrogens is 232 g/mol.